The third-order valence-electron chi connectivity index (χ3n) is 5.48. The summed E-state index contributed by atoms with van der Waals surface area (Å²) in [5, 5.41) is 0. The van der Waals surface area contributed by atoms with Crippen molar-refractivity contribution < 1.29 is 9.53 Å². The topological polar surface area (TPSA) is 100 Å². The Bertz CT molecular complexity index is 687. The van der Waals surface area contributed by atoms with Crippen LogP contribution < -0.4 is 16.2 Å². The molecule has 2 aliphatic heterocycles. The first-order chi connectivity index (χ1) is 13.0. The zero-order valence-electron chi connectivity index (χ0n) is 16.2. The number of aliphatic imine (C=N–C) groups is 1. The third-order valence-corrected chi connectivity index (χ3v) is 5.48. The normalized spacial score (nSPS) is 19.7. The Kier molecular flexibility index (Phi) is 6.18. The third kappa shape index (κ3) is 4.70. The highest BCUT2D eigenvalue weighted by Gasteiger charge is 2.29. The van der Waals surface area contributed by atoms with Crippen LogP contribution in [0.3, 0.4) is 0 Å². The molecule has 148 valence electrons. The largest absolute Gasteiger partial charge is 0.494 e. The number of carbonyl (C=O) groups excluding carboxylic acids is 1. The first kappa shape index (κ1) is 19.4. The second kappa shape index (κ2) is 8.58. The van der Waals surface area contributed by atoms with E-state index in [1.54, 1.807) is 18.2 Å². The standard InChI is InChI=1S/C19H30N6O2/c1-23-9-11-24(12-10-23)15-5-7-25(8-6-15)18(26)14-3-4-16(22-19(20)21)17(13-14)27-2/h3-4,13,15H,5-12H2,1-2H3,(H4,20,21,22). The molecule has 0 saturated carbocycles. The molecule has 0 aromatic heterocycles. The van der Waals surface area contributed by atoms with Crippen molar-refractivity contribution in [2.24, 2.45) is 16.5 Å². The molecule has 0 spiro atoms. The Morgan fingerprint density at radius 1 is 1.11 bits per heavy atom. The molecule has 3 rings (SSSR count). The number of benzene rings is 1. The van der Waals surface area contributed by atoms with Crippen molar-refractivity contribution in [3.8, 4) is 5.75 Å². The van der Waals surface area contributed by atoms with E-state index in [2.05, 4.69) is 21.8 Å². The van der Waals surface area contributed by atoms with E-state index in [0.717, 1.165) is 52.1 Å². The fourth-order valence-electron chi connectivity index (χ4n) is 3.85. The average molecular weight is 374 g/mol. The first-order valence-electron chi connectivity index (χ1n) is 9.47. The molecule has 2 heterocycles. The number of likely N-dealkylation sites (N-methyl/N-ethyl adjacent to an activating group) is 1. The van der Waals surface area contributed by atoms with Crippen LogP contribution in [-0.4, -0.2) is 86.0 Å². The highest BCUT2D eigenvalue weighted by molar-refractivity contribution is 5.95. The fraction of sp³-hybridized carbons (Fsp3) is 0.579. The second-order valence-electron chi connectivity index (χ2n) is 7.29. The first-order valence-corrected chi connectivity index (χ1v) is 9.47. The highest BCUT2D eigenvalue weighted by Crippen LogP contribution is 2.29. The lowest BCUT2D eigenvalue weighted by molar-refractivity contribution is 0.0518. The van der Waals surface area contributed by atoms with Crippen LogP contribution in [0.5, 0.6) is 5.75 Å². The Hall–Kier alpha value is -2.32. The van der Waals surface area contributed by atoms with E-state index in [0.29, 0.717) is 23.0 Å². The molecule has 4 N–H and O–H groups in total. The minimum Gasteiger partial charge on any atom is -0.494 e. The van der Waals surface area contributed by atoms with Gasteiger partial charge in [0.2, 0.25) is 0 Å². The molecule has 8 heteroatoms. The SMILES string of the molecule is COc1cc(C(=O)N2CCC(N3CCN(C)CC3)CC2)ccc1N=C(N)N. The van der Waals surface area contributed by atoms with Gasteiger partial charge in [0.15, 0.2) is 5.96 Å². The summed E-state index contributed by atoms with van der Waals surface area (Å²) in [4.78, 5) is 23.8. The minimum atomic E-state index is -0.0432. The molecule has 0 atom stereocenters. The van der Waals surface area contributed by atoms with Gasteiger partial charge in [-0.2, -0.15) is 0 Å². The number of hydrogen-bond acceptors (Lipinski definition) is 5. The lowest BCUT2D eigenvalue weighted by Crippen LogP contribution is -2.52. The quantitative estimate of drug-likeness (QED) is 0.586. The van der Waals surface area contributed by atoms with Gasteiger partial charge in [-0.05, 0) is 38.1 Å². The number of amides is 1. The van der Waals surface area contributed by atoms with E-state index in [-0.39, 0.29) is 11.9 Å². The number of guanidine groups is 1. The highest BCUT2D eigenvalue weighted by atomic mass is 16.5. The molecular weight excluding hydrogens is 344 g/mol. The van der Waals surface area contributed by atoms with Crippen molar-refractivity contribution in [1.29, 1.82) is 0 Å². The summed E-state index contributed by atoms with van der Waals surface area (Å²) in [6.45, 7) is 6.07. The van der Waals surface area contributed by atoms with Gasteiger partial charge in [-0.3, -0.25) is 9.69 Å². The molecular formula is C19H30N6O2. The zero-order chi connectivity index (χ0) is 19.4. The van der Waals surface area contributed by atoms with Gasteiger partial charge in [0.05, 0.1) is 7.11 Å². The van der Waals surface area contributed by atoms with E-state index >= 15 is 0 Å². The molecule has 2 aliphatic rings. The van der Waals surface area contributed by atoms with Crippen molar-refractivity contribution in [1.82, 2.24) is 14.7 Å². The zero-order valence-corrected chi connectivity index (χ0v) is 16.2. The van der Waals surface area contributed by atoms with Crippen LogP contribution in [0.4, 0.5) is 5.69 Å². The molecule has 0 aliphatic carbocycles. The van der Waals surface area contributed by atoms with Crippen LogP contribution in [0.1, 0.15) is 23.2 Å². The minimum absolute atomic E-state index is 0.0291. The maximum Gasteiger partial charge on any atom is 0.253 e. The second-order valence-corrected chi connectivity index (χ2v) is 7.29. The number of piperidine rings is 1. The number of carbonyl (C=O) groups is 1. The Balaban J connectivity index is 1.61. The van der Waals surface area contributed by atoms with Crippen molar-refractivity contribution in [3.63, 3.8) is 0 Å². The van der Waals surface area contributed by atoms with Crippen LogP contribution in [0.25, 0.3) is 0 Å². The monoisotopic (exact) mass is 374 g/mol. The average Bonchev–Trinajstić information content (AvgIpc) is 2.68. The summed E-state index contributed by atoms with van der Waals surface area (Å²) in [6, 6.07) is 5.75. The number of hydrogen-bond donors (Lipinski definition) is 2. The smallest absolute Gasteiger partial charge is 0.253 e. The van der Waals surface area contributed by atoms with Crippen molar-refractivity contribution in [2.75, 3.05) is 53.4 Å². The van der Waals surface area contributed by atoms with Crippen molar-refractivity contribution >= 4 is 17.6 Å². The molecule has 1 aromatic carbocycles. The molecule has 0 radical (unpaired) electrons. The Morgan fingerprint density at radius 2 is 1.78 bits per heavy atom. The van der Waals surface area contributed by atoms with Gasteiger partial charge in [0.25, 0.3) is 5.91 Å². The maximum absolute atomic E-state index is 12.9. The lowest BCUT2D eigenvalue weighted by atomic mass is 10.0. The predicted octanol–water partition coefficient (Wildman–Crippen LogP) is 0.452. The molecule has 2 saturated heterocycles. The molecule has 1 aromatic rings. The molecule has 1 amide bonds. The maximum atomic E-state index is 12.9. The van der Waals surface area contributed by atoms with Crippen LogP contribution in [0.15, 0.2) is 23.2 Å². The van der Waals surface area contributed by atoms with Gasteiger partial charge in [-0.15, -0.1) is 0 Å². The van der Waals surface area contributed by atoms with E-state index in [9.17, 15) is 4.79 Å². The van der Waals surface area contributed by atoms with E-state index in [1.165, 1.54) is 7.11 Å². The van der Waals surface area contributed by atoms with E-state index in [1.807, 2.05) is 4.90 Å². The molecule has 2 fully saturated rings. The summed E-state index contributed by atoms with van der Waals surface area (Å²) < 4.78 is 5.33. The fourth-order valence-corrected chi connectivity index (χ4v) is 3.85. The number of rotatable bonds is 4. The summed E-state index contributed by atoms with van der Waals surface area (Å²) >= 11 is 0. The van der Waals surface area contributed by atoms with Gasteiger partial charge in [-0.1, -0.05) is 0 Å². The number of likely N-dealkylation sites (tertiary alicyclic amines) is 1. The molecule has 0 unspecified atom stereocenters. The number of piperazine rings is 1. The molecule has 0 bridgehead atoms. The van der Waals surface area contributed by atoms with E-state index in [4.69, 9.17) is 16.2 Å². The van der Waals surface area contributed by atoms with Gasteiger partial charge in [0, 0.05) is 50.9 Å². The summed E-state index contributed by atoms with van der Waals surface area (Å²) in [7, 11) is 3.71. The number of nitrogens with zero attached hydrogens (tertiary/aromatic N) is 4. The summed E-state index contributed by atoms with van der Waals surface area (Å²) in [6.07, 6.45) is 2.05. The summed E-state index contributed by atoms with van der Waals surface area (Å²) in [5.74, 6) is 0.473. The number of ether oxygens (including phenoxy) is 1. The number of nitrogens with two attached hydrogens (primary N) is 2. The lowest BCUT2D eigenvalue weighted by Gasteiger charge is -2.42. The van der Waals surface area contributed by atoms with Gasteiger partial charge >= 0.3 is 0 Å². The van der Waals surface area contributed by atoms with Crippen molar-refractivity contribution in [2.45, 2.75) is 18.9 Å². The number of methoxy groups -OCH3 is 1. The van der Waals surface area contributed by atoms with Gasteiger partial charge in [-0.25, -0.2) is 4.99 Å². The van der Waals surface area contributed by atoms with Crippen LogP contribution in [0.2, 0.25) is 0 Å². The molecule has 8 nitrogen and oxygen atoms in total. The van der Waals surface area contributed by atoms with Crippen LogP contribution in [-0.2, 0) is 0 Å². The van der Waals surface area contributed by atoms with E-state index < -0.39 is 0 Å². The Labute approximate surface area is 160 Å². The van der Waals surface area contributed by atoms with Crippen LogP contribution >= 0.6 is 0 Å². The Morgan fingerprint density at radius 3 is 2.37 bits per heavy atom. The van der Waals surface area contributed by atoms with Gasteiger partial charge in [0.1, 0.15) is 11.4 Å². The van der Waals surface area contributed by atoms with Crippen molar-refractivity contribution in [3.05, 3.63) is 23.8 Å². The van der Waals surface area contributed by atoms with Gasteiger partial charge < -0.3 is 26.0 Å². The summed E-state index contributed by atoms with van der Waals surface area (Å²) in [5.41, 5.74) is 12.0. The molecule has 27 heavy (non-hydrogen) atoms. The predicted molar refractivity (Wildman–Crippen MR) is 106 cm³/mol. The van der Waals surface area contributed by atoms with Crippen LogP contribution in [0, 0.1) is 0 Å².